The number of benzene rings is 4. The number of esters is 5. The molecule has 12 heteroatoms. The van der Waals surface area contributed by atoms with Crippen LogP contribution < -0.4 is 28.4 Å². The van der Waals surface area contributed by atoms with E-state index < -0.39 is 47.7 Å². The molecule has 0 radical (unpaired) electrons. The summed E-state index contributed by atoms with van der Waals surface area (Å²) in [6.07, 6.45) is 5.90. The molecule has 0 saturated heterocycles. The highest BCUT2D eigenvalue weighted by Gasteiger charge is 2.38. The van der Waals surface area contributed by atoms with Crippen molar-refractivity contribution in [3.63, 3.8) is 0 Å². The Morgan fingerprint density at radius 2 is 1.16 bits per heavy atom. The van der Waals surface area contributed by atoms with Crippen molar-refractivity contribution in [3.05, 3.63) is 107 Å². The quantitative estimate of drug-likeness (QED) is 0.0433. The summed E-state index contributed by atoms with van der Waals surface area (Å²) in [6, 6.07) is 23.1. The Labute approximate surface area is 337 Å². The molecule has 0 aromatic heterocycles. The number of fused-ring (bicyclic) bond motifs is 1. The number of ketones is 1. The summed E-state index contributed by atoms with van der Waals surface area (Å²) in [5.74, 6) is -4.17. The van der Waals surface area contributed by atoms with Crippen LogP contribution in [0.25, 0.3) is 0 Å². The highest BCUT2D eigenvalue weighted by molar-refractivity contribution is 6.03. The highest BCUT2D eigenvalue weighted by Crippen LogP contribution is 2.54. The first-order valence-electron chi connectivity index (χ1n) is 19.4. The number of Topliss-reactive ketones (excluding diaryl/α,β-unsaturated/α-hetero) is 1. The minimum atomic E-state index is -0.772. The normalized spacial score (nSPS) is 14.3. The number of carbonyl (C=O) groups is 6. The van der Waals surface area contributed by atoms with Crippen LogP contribution in [-0.4, -0.2) is 35.6 Å². The zero-order chi connectivity index (χ0) is 41.8. The maximum absolute atomic E-state index is 14.3. The summed E-state index contributed by atoms with van der Waals surface area (Å²) >= 11 is 0. The second kappa shape index (κ2) is 20.2. The van der Waals surface area contributed by atoms with Gasteiger partial charge in [-0.2, -0.15) is 0 Å². The standard InChI is InChI=1S/C46H48O12/c1-28(47)53-35-21-19-34(20-22-35)40-26-38(37-24-23-36(54-29(2)48)25-41(37)58-40)44-42(55-30(3)49)27-43(56-31(4)50)45(46(44)57-32(5)51)39(52)18-14-9-7-6-8-11-15-33-16-12-10-13-17-33/h10,12-13,16-17,19-25,27,38,40H,6-9,11,14-15,18,26H2,1-5H3/t38-,40-/m1/s1. The van der Waals surface area contributed by atoms with Crippen molar-refractivity contribution < 1.29 is 57.2 Å². The molecule has 0 N–H and O–H groups in total. The summed E-state index contributed by atoms with van der Waals surface area (Å²) in [5.41, 5.74) is 2.55. The Balaban J connectivity index is 1.54. The molecule has 2 atom stereocenters. The van der Waals surface area contributed by atoms with E-state index >= 15 is 0 Å². The minimum absolute atomic E-state index is 0.0618. The topological polar surface area (TPSA) is 158 Å². The second-order valence-electron chi connectivity index (χ2n) is 14.2. The first kappa shape index (κ1) is 42.8. The Kier molecular flexibility index (Phi) is 14.9. The molecule has 0 fully saturated rings. The third-order valence-corrected chi connectivity index (χ3v) is 9.44. The lowest BCUT2D eigenvalue weighted by Crippen LogP contribution is -2.23. The van der Waals surface area contributed by atoms with Gasteiger partial charge in [0.15, 0.2) is 11.5 Å². The molecule has 4 aromatic rings. The number of rotatable bonds is 17. The number of hydrogen-bond acceptors (Lipinski definition) is 12. The van der Waals surface area contributed by atoms with Gasteiger partial charge in [-0.25, -0.2) is 0 Å². The van der Waals surface area contributed by atoms with Crippen LogP contribution in [0.1, 0.15) is 131 Å². The molecule has 58 heavy (non-hydrogen) atoms. The van der Waals surface area contributed by atoms with E-state index in [0.29, 0.717) is 29.0 Å². The lowest BCUT2D eigenvalue weighted by Gasteiger charge is -2.34. The Morgan fingerprint density at radius 3 is 1.79 bits per heavy atom. The van der Waals surface area contributed by atoms with Gasteiger partial charge in [-0.05, 0) is 55.0 Å². The molecule has 304 valence electrons. The van der Waals surface area contributed by atoms with Gasteiger partial charge in [-0.15, -0.1) is 0 Å². The Bertz CT molecular complexity index is 2140. The monoisotopic (exact) mass is 792 g/mol. The highest BCUT2D eigenvalue weighted by atomic mass is 16.6. The minimum Gasteiger partial charge on any atom is -0.485 e. The van der Waals surface area contributed by atoms with Crippen molar-refractivity contribution in [1.29, 1.82) is 0 Å². The molecule has 4 aromatic carbocycles. The lowest BCUT2D eigenvalue weighted by molar-refractivity contribution is -0.133. The van der Waals surface area contributed by atoms with Crippen molar-refractivity contribution >= 4 is 35.6 Å². The fourth-order valence-electron chi connectivity index (χ4n) is 7.11. The summed E-state index contributed by atoms with van der Waals surface area (Å²) in [4.78, 5) is 75.8. The van der Waals surface area contributed by atoms with Crippen LogP contribution in [0, 0.1) is 0 Å². The largest absolute Gasteiger partial charge is 0.485 e. The predicted octanol–water partition coefficient (Wildman–Crippen LogP) is 9.12. The van der Waals surface area contributed by atoms with Gasteiger partial charge in [-0.3, -0.25) is 28.8 Å². The molecule has 5 rings (SSSR count). The SMILES string of the molecule is CC(=O)Oc1ccc([C@H]2C[C@@H](c3c(OC(C)=O)cc(OC(C)=O)c(C(=O)CCCCCCCCc4ccccc4)c3OC(C)=O)c3ccc(OC(C)=O)cc3O2)cc1. The van der Waals surface area contributed by atoms with Crippen LogP contribution in [0.3, 0.4) is 0 Å². The predicted molar refractivity (Wildman–Crippen MR) is 212 cm³/mol. The van der Waals surface area contributed by atoms with E-state index in [2.05, 4.69) is 12.1 Å². The first-order chi connectivity index (χ1) is 27.8. The molecular weight excluding hydrogens is 744 g/mol. The number of unbranched alkanes of at least 4 members (excludes halogenated alkanes) is 5. The summed E-state index contributed by atoms with van der Waals surface area (Å²) in [7, 11) is 0. The van der Waals surface area contributed by atoms with E-state index in [1.165, 1.54) is 46.2 Å². The maximum atomic E-state index is 14.3. The Hall–Kier alpha value is -6.30. The lowest BCUT2D eigenvalue weighted by atomic mass is 9.80. The van der Waals surface area contributed by atoms with Crippen molar-refractivity contribution in [2.45, 2.75) is 104 Å². The van der Waals surface area contributed by atoms with Gasteiger partial charge in [0, 0.05) is 70.2 Å². The number of hydrogen-bond donors (Lipinski definition) is 0. The van der Waals surface area contributed by atoms with Crippen LogP contribution >= 0.6 is 0 Å². The van der Waals surface area contributed by atoms with Crippen LogP contribution in [-0.2, 0) is 30.4 Å². The zero-order valence-electron chi connectivity index (χ0n) is 33.4. The van der Waals surface area contributed by atoms with E-state index in [-0.39, 0.29) is 47.0 Å². The molecule has 0 bridgehead atoms. The van der Waals surface area contributed by atoms with Crippen molar-refractivity contribution in [1.82, 2.24) is 0 Å². The van der Waals surface area contributed by atoms with Crippen LogP contribution in [0.4, 0.5) is 0 Å². The summed E-state index contributed by atoms with van der Waals surface area (Å²) < 4.78 is 34.3. The van der Waals surface area contributed by atoms with Gasteiger partial charge in [0.05, 0.1) is 0 Å². The fraction of sp³-hybridized carbons (Fsp3) is 0.348. The second-order valence-corrected chi connectivity index (χ2v) is 14.2. The fourth-order valence-corrected chi connectivity index (χ4v) is 7.11. The van der Waals surface area contributed by atoms with Crippen LogP contribution in [0.5, 0.6) is 34.5 Å². The van der Waals surface area contributed by atoms with Gasteiger partial charge in [0.2, 0.25) is 0 Å². The zero-order valence-corrected chi connectivity index (χ0v) is 33.4. The van der Waals surface area contributed by atoms with Gasteiger partial charge in [0.1, 0.15) is 40.4 Å². The third-order valence-electron chi connectivity index (χ3n) is 9.44. The molecule has 0 amide bonds. The Morgan fingerprint density at radius 1 is 0.586 bits per heavy atom. The summed E-state index contributed by atoms with van der Waals surface area (Å²) in [5, 5.41) is 0. The number of carbonyl (C=O) groups excluding carboxylic acids is 6. The van der Waals surface area contributed by atoms with Crippen molar-refractivity contribution in [2.75, 3.05) is 0 Å². The van der Waals surface area contributed by atoms with E-state index in [0.717, 1.165) is 38.5 Å². The molecule has 1 heterocycles. The third kappa shape index (κ3) is 11.9. The first-order valence-corrected chi connectivity index (χ1v) is 19.4. The van der Waals surface area contributed by atoms with Crippen molar-refractivity contribution in [3.8, 4) is 34.5 Å². The molecule has 12 nitrogen and oxygen atoms in total. The number of aryl methyl sites for hydroxylation is 1. The van der Waals surface area contributed by atoms with Gasteiger partial charge in [0.25, 0.3) is 0 Å². The van der Waals surface area contributed by atoms with E-state index in [9.17, 15) is 28.8 Å². The van der Waals surface area contributed by atoms with E-state index in [4.69, 9.17) is 28.4 Å². The number of ether oxygens (including phenoxy) is 6. The van der Waals surface area contributed by atoms with Crippen LogP contribution in [0.2, 0.25) is 0 Å². The van der Waals surface area contributed by atoms with Gasteiger partial charge in [-0.1, -0.05) is 74.2 Å². The molecule has 1 aliphatic heterocycles. The molecule has 0 aliphatic carbocycles. The molecule has 0 saturated carbocycles. The van der Waals surface area contributed by atoms with E-state index in [1.54, 1.807) is 42.5 Å². The molecule has 0 unspecified atom stereocenters. The summed E-state index contributed by atoms with van der Waals surface area (Å²) in [6.45, 7) is 6.10. The van der Waals surface area contributed by atoms with E-state index in [1.807, 2.05) is 18.2 Å². The molecular formula is C46H48O12. The molecule has 1 aliphatic rings. The smallest absolute Gasteiger partial charge is 0.308 e. The maximum Gasteiger partial charge on any atom is 0.308 e. The average molecular weight is 793 g/mol. The van der Waals surface area contributed by atoms with Crippen LogP contribution in [0.15, 0.2) is 78.9 Å². The molecule has 0 spiro atoms. The van der Waals surface area contributed by atoms with Gasteiger partial charge < -0.3 is 28.4 Å². The van der Waals surface area contributed by atoms with Crippen molar-refractivity contribution in [2.24, 2.45) is 0 Å². The van der Waals surface area contributed by atoms with Gasteiger partial charge >= 0.3 is 29.8 Å². The average Bonchev–Trinajstić information content (AvgIpc) is 3.15.